The van der Waals surface area contributed by atoms with Crippen LogP contribution in [0.25, 0.3) is 0 Å². The van der Waals surface area contributed by atoms with Crippen LogP contribution >= 0.6 is 0 Å². The second kappa shape index (κ2) is 6.07. The third kappa shape index (κ3) is 4.16. The van der Waals surface area contributed by atoms with Crippen LogP contribution in [0.5, 0.6) is 5.75 Å². The topological polar surface area (TPSA) is 59.9 Å². The lowest BCUT2D eigenvalue weighted by Crippen LogP contribution is -2.30. The summed E-state index contributed by atoms with van der Waals surface area (Å²) in [4.78, 5) is 15.3. The van der Waals surface area contributed by atoms with Gasteiger partial charge >= 0.3 is 12.1 Å². The summed E-state index contributed by atoms with van der Waals surface area (Å²) >= 11 is 0. The SMILES string of the molecule is CO/N=C\c1ccc(OC)cc1NC(=O)C(F)(F)F. The highest BCUT2D eigenvalue weighted by Gasteiger charge is 2.38. The maximum Gasteiger partial charge on any atom is 0.471 e. The molecule has 0 saturated carbocycles. The van der Waals surface area contributed by atoms with Crippen LogP contribution < -0.4 is 10.1 Å². The first-order chi connectivity index (χ1) is 8.88. The normalized spacial score (nSPS) is 11.4. The number of anilines is 1. The number of ether oxygens (including phenoxy) is 1. The Kier molecular flexibility index (Phi) is 4.74. The lowest BCUT2D eigenvalue weighted by molar-refractivity contribution is -0.167. The van der Waals surface area contributed by atoms with E-state index in [1.54, 1.807) is 5.32 Å². The number of nitrogens with one attached hydrogen (secondary N) is 1. The predicted molar refractivity (Wildman–Crippen MR) is 62.3 cm³/mol. The van der Waals surface area contributed by atoms with Crippen LogP contribution in [0.1, 0.15) is 5.56 Å². The van der Waals surface area contributed by atoms with Crippen molar-refractivity contribution in [2.45, 2.75) is 6.18 Å². The Morgan fingerprint density at radius 3 is 2.58 bits per heavy atom. The quantitative estimate of drug-likeness (QED) is 0.677. The summed E-state index contributed by atoms with van der Waals surface area (Å²) in [6.45, 7) is 0. The zero-order valence-electron chi connectivity index (χ0n) is 10.1. The number of oxime groups is 1. The molecule has 0 aliphatic heterocycles. The van der Waals surface area contributed by atoms with Crippen molar-refractivity contribution in [3.05, 3.63) is 23.8 Å². The van der Waals surface area contributed by atoms with Crippen molar-refractivity contribution in [3.63, 3.8) is 0 Å². The summed E-state index contributed by atoms with van der Waals surface area (Å²) in [5.74, 6) is -1.78. The van der Waals surface area contributed by atoms with Crippen LogP contribution in [0.4, 0.5) is 18.9 Å². The van der Waals surface area contributed by atoms with Gasteiger partial charge in [-0.05, 0) is 12.1 Å². The summed E-state index contributed by atoms with van der Waals surface area (Å²) in [5, 5.41) is 5.17. The van der Waals surface area contributed by atoms with Crippen LogP contribution in [-0.4, -0.2) is 32.5 Å². The minimum absolute atomic E-state index is 0.0810. The van der Waals surface area contributed by atoms with Crippen molar-refractivity contribution in [2.75, 3.05) is 19.5 Å². The number of alkyl halides is 3. The predicted octanol–water partition coefficient (Wildman–Crippen LogP) is 2.18. The molecule has 1 aromatic rings. The third-order valence-corrected chi connectivity index (χ3v) is 2.06. The van der Waals surface area contributed by atoms with Crippen LogP contribution in [0.3, 0.4) is 0 Å². The zero-order chi connectivity index (χ0) is 14.5. The van der Waals surface area contributed by atoms with Gasteiger partial charge in [0.2, 0.25) is 0 Å². The van der Waals surface area contributed by atoms with Gasteiger partial charge in [0.05, 0.1) is 19.0 Å². The van der Waals surface area contributed by atoms with Crippen molar-refractivity contribution in [2.24, 2.45) is 5.16 Å². The van der Waals surface area contributed by atoms with E-state index in [1.165, 1.54) is 38.6 Å². The monoisotopic (exact) mass is 276 g/mol. The molecule has 0 aliphatic carbocycles. The summed E-state index contributed by atoms with van der Waals surface area (Å²) in [7, 11) is 2.64. The summed E-state index contributed by atoms with van der Waals surface area (Å²) in [6, 6.07) is 4.20. The molecule has 0 unspecified atom stereocenters. The number of benzene rings is 1. The van der Waals surface area contributed by atoms with Gasteiger partial charge in [-0.15, -0.1) is 0 Å². The molecular weight excluding hydrogens is 265 g/mol. The fourth-order valence-electron chi connectivity index (χ4n) is 1.19. The van der Waals surface area contributed by atoms with Gasteiger partial charge in [0.15, 0.2) is 0 Å². The van der Waals surface area contributed by atoms with Gasteiger partial charge in [0, 0.05) is 11.6 Å². The van der Waals surface area contributed by atoms with E-state index in [0.29, 0.717) is 5.75 Å². The van der Waals surface area contributed by atoms with Crippen molar-refractivity contribution in [1.29, 1.82) is 0 Å². The Morgan fingerprint density at radius 1 is 1.37 bits per heavy atom. The third-order valence-electron chi connectivity index (χ3n) is 2.06. The Balaban J connectivity index is 3.07. The fraction of sp³-hybridized carbons (Fsp3) is 0.273. The van der Waals surface area contributed by atoms with Crippen molar-refractivity contribution >= 4 is 17.8 Å². The second-order valence-electron chi connectivity index (χ2n) is 3.32. The molecule has 0 aliphatic rings. The zero-order valence-corrected chi connectivity index (χ0v) is 10.1. The van der Waals surface area contributed by atoms with Crippen molar-refractivity contribution < 1.29 is 27.5 Å². The van der Waals surface area contributed by atoms with Gasteiger partial charge in [0.1, 0.15) is 12.9 Å². The van der Waals surface area contributed by atoms with Gasteiger partial charge in [-0.1, -0.05) is 5.16 Å². The molecule has 0 bridgehead atoms. The summed E-state index contributed by atoms with van der Waals surface area (Å²) in [5.41, 5.74) is 0.169. The molecule has 0 saturated heterocycles. The molecule has 5 nitrogen and oxygen atoms in total. The highest BCUT2D eigenvalue weighted by atomic mass is 19.4. The van der Waals surface area contributed by atoms with E-state index in [0.717, 1.165) is 0 Å². The molecule has 1 N–H and O–H groups in total. The number of hydrogen-bond donors (Lipinski definition) is 1. The Hall–Kier alpha value is -2.25. The number of rotatable bonds is 4. The standard InChI is InChI=1S/C11H11F3N2O3/c1-18-8-4-3-7(6-15-19-2)9(5-8)16-10(17)11(12,13)14/h3-6H,1-2H3,(H,16,17)/b15-6-. The van der Waals surface area contributed by atoms with Crippen LogP contribution in [0, 0.1) is 0 Å². The molecule has 0 spiro atoms. The lowest BCUT2D eigenvalue weighted by atomic mass is 10.2. The average Bonchev–Trinajstić information content (AvgIpc) is 2.36. The molecule has 0 aromatic heterocycles. The minimum atomic E-state index is -4.97. The molecule has 1 aromatic carbocycles. The Morgan fingerprint density at radius 2 is 2.05 bits per heavy atom. The van der Waals surface area contributed by atoms with Crippen LogP contribution in [-0.2, 0) is 9.63 Å². The van der Waals surface area contributed by atoms with Crippen LogP contribution in [0.2, 0.25) is 0 Å². The van der Waals surface area contributed by atoms with E-state index in [4.69, 9.17) is 4.74 Å². The lowest BCUT2D eigenvalue weighted by Gasteiger charge is -2.11. The molecule has 19 heavy (non-hydrogen) atoms. The number of halogens is 3. The van der Waals surface area contributed by atoms with E-state index in [9.17, 15) is 18.0 Å². The number of nitrogens with zero attached hydrogens (tertiary/aromatic N) is 1. The Bertz CT molecular complexity index is 487. The molecule has 0 radical (unpaired) electrons. The molecule has 104 valence electrons. The number of hydrogen-bond acceptors (Lipinski definition) is 4. The number of carbonyl (C=O) groups excluding carboxylic acids is 1. The average molecular weight is 276 g/mol. The molecule has 0 heterocycles. The first-order valence-corrected chi connectivity index (χ1v) is 5.01. The smallest absolute Gasteiger partial charge is 0.471 e. The largest absolute Gasteiger partial charge is 0.497 e. The van der Waals surface area contributed by atoms with E-state index >= 15 is 0 Å². The molecule has 8 heteroatoms. The first kappa shape index (κ1) is 14.8. The molecule has 0 fully saturated rings. The number of carbonyl (C=O) groups is 1. The fourth-order valence-corrected chi connectivity index (χ4v) is 1.19. The molecular formula is C11H11F3N2O3. The summed E-state index contributed by atoms with van der Waals surface area (Å²) < 4.78 is 41.5. The first-order valence-electron chi connectivity index (χ1n) is 5.01. The van der Waals surface area contributed by atoms with E-state index in [1.807, 2.05) is 0 Å². The van der Waals surface area contributed by atoms with Crippen molar-refractivity contribution in [3.8, 4) is 5.75 Å². The molecule has 1 rings (SSSR count). The van der Waals surface area contributed by atoms with E-state index in [-0.39, 0.29) is 11.3 Å². The maximum atomic E-state index is 12.2. The molecule has 0 atom stereocenters. The van der Waals surface area contributed by atoms with E-state index < -0.39 is 12.1 Å². The highest BCUT2D eigenvalue weighted by molar-refractivity contribution is 6.00. The van der Waals surface area contributed by atoms with Gasteiger partial charge in [-0.2, -0.15) is 13.2 Å². The van der Waals surface area contributed by atoms with Gasteiger partial charge in [-0.25, -0.2) is 0 Å². The number of amides is 1. The van der Waals surface area contributed by atoms with Gasteiger partial charge < -0.3 is 14.9 Å². The number of methoxy groups -OCH3 is 1. The van der Waals surface area contributed by atoms with E-state index in [2.05, 4.69) is 9.99 Å². The summed E-state index contributed by atoms with van der Waals surface area (Å²) in [6.07, 6.45) is -3.80. The maximum absolute atomic E-state index is 12.2. The second-order valence-corrected chi connectivity index (χ2v) is 3.32. The molecule has 1 amide bonds. The Labute approximate surface area is 107 Å². The minimum Gasteiger partial charge on any atom is -0.497 e. The van der Waals surface area contributed by atoms with Crippen molar-refractivity contribution in [1.82, 2.24) is 0 Å². The van der Waals surface area contributed by atoms with Gasteiger partial charge in [0.25, 0.3) is 0 Å². The van der Waals surface area contributed by atoms with Crippen LogP contribution in [0.15, 0.2) is 23.4 Å². The highest BCUT2D eigenvalue weighted by Crippen LogP contribution is 2.24. The van der Waals surface area contributed by atoms with Gasteiger partial charge in [-0.3, -0.25) is 4.79 Å².